The van der Waals surface area contributed by atoms with Crippen molar-refractivity contribution in [3.05, 3.63) is 72.2 Å². The van der Waals surface area contributed by atoms with Gasteiger partial charge in [0.25, 0.3) is 0 Å². The number of esters is 1. The molecule has 0 unspecified atom stereocenters. The average Bonchev–Trinajstić information content (AvgIpc) is 2.96. The molecule has 0 spiro atoms. The Hall–Kier alpha value is -3.21. The summed E-state index contributed by atoms with van der Waals surface area (Å²) in [5.74, 6) is 0.0757. The maximum Gasteiger partial charge on any atom is 0.310 e. The average molecular weight is 348 g/mol. The van der Waals surface area contributed by atoms with Gasteiger partial charge in [-0.1, -0.05) is 30.3 Å². The summed E-state index contributed by atoms with van der Waals surface area (Å²) < 4.78 is 21.0. The zero-order valence-corrected chi connectivity index (χ0v) is 14.3. The van der Waals surface area contributed by atoms with Crippen LogP contribution in [0.15, 0.2) is 60.8 Å². The number of carbonyl (C=O) groups excluding carboxylic acids is 1. The van der Waals surface area contributed by atoms with Crippen molar-refractivity contribution in [1.29, 1.82) is 0 Å². The first-order chi connectivity index (χ1) is 12.7. The second-order valence-electron chi connectivity index (χ2n) is 5.98. The van der Waals surface area contributed by atoms with Crippen molar-refractivity contribution >= 4 is 22.4 Å². The van der Waals surface area contributed by atoms with Crippen LogP contribution in [-0.4, -0.2) is 22.0 Å². The van der Waals surface area contributed by atoms with E-state index in [1.54, 1.807) is 19.2 Å². The first-order valence-electron chi connectivity index (χ1n) is 8.47. The molecule has 26 heavy (non-hydrogen) atoms. The molecule has 0 aliphatic heterocycles. The lowest BCUT2D eigenvalue weighted by molar-refractivity contribution is -0.142. The summed E-state index contributed by atoms with van der Waals surface area (Å²) in [6, 6.07) is 16.2. The molecule has 2 heterocycles. The molecule has 5 heteroatoms. The Kier molecular flexibility index (Phi) is 4.13. The van der Waals surface area contributed by atoms with Gasteiger partial charge in [-0.3, -0.25) is 9.20 Å². The maximum atomic E-state index is 13.9. The fraction of sp³-hybridized carbons (Fsp3) is 0.143. The number of halogens is 1. The number of hydrogen-bond donors (Lipinski definition) is 0. The fourth-order valence-corrected chi connectivity index (χ4v) is 3.32. The van der Waals surface area contributed by atoms with Crippen molar-refractivity contribution in [3.8, 4) is 11.4 Å². The minimum Gasteiger partial charge on any atom is -0.466 e. The topological polar surface area (TPSA) is 43.6 Å². The molecular weight excluding hydrogens is 331 g/mol. The van der Waals surface area contributed by atoms with Gasteiger partial charge in [-0.15, -0.1) is 0 Å². The van der Waals surface area contributed by atoms with Crippen LogP contribution in [-0.2, 0) is 16.0 Å². The molecule has 0 saturated carbocycles. The second-order valence-corrected chi connectivity index (χ2v) is 5.98. The third kappa shape index (κ3) is 2.71. The molecule has 0 N–H and O–H groups in total. The molecule has 0 amide bonds. The van der Waals surface area contributed by atoms with Gasteiger partial charge in [0.05, 0.1) is 24.1 Å². The summed E-state index contributed by atoms with van der Waals surface area (Å²) in [7, 11) is 0. The first kappa shape index (κ1) is 16.3. The standard InChI is InChI=1S/C21H17FN2O2/c1-2-26-20(25)13-17-16-12-15(22)8-9-18(16)24-19(17)10-11-23-21(24)14-6-4-3-5-7-14/h3-12H,2,13H2,1H3. The fourth-order valence-electron chi connectivity index (χ4n) is 3.32. The summed E-state index contributed by atoms with van der Waals surface area (Å²) in [6.07, 6.45) is 1.80. The Balaban J connectivity index is 2.04. The summed E-state index contributed by atoms with van der Waals surface area (Å²) in [5.41, 5.74) is 3.33. The Morgan fingerprint density at radius 1 is 1.12 bits per heavy atom. The Morgan fingerprint density at radius 2 is 1.92 bits per heavy atom. The number of aromatic nitrogens is 2. The molecule has 0 radical (unpaired) electrons. The van der Waals surface area contributed by atoms with E-state index >= 15 is 0 Å². The van der Waals surface area contributed by atoms with E-state index in [1.807, 2.05) is 40.8 Å². The van der Waals surface area contributed by atoms with E-state index in [0.29, 0.717) is 12.0 Å². The Labute approximate surface area is 149 Å². The van der Waals surface area contributed by atoms with E-state index in [9.17, 15) is 9.18 Å². The van der Waals surface area contributed by atoms with Crippen molar-refractivity contribution in [3.63, 3.8) is 0 Å². The van der Waals surface area contributed by atoms with E-state index in [4.69, 9.17) is 4.74 Å². The molecular formula is C21H17FN2O2. The molecule has 4 aromatic rings. The second kappa shape index (κ2) is 6.59. The predicted molar refractivity (Wildman–Crippen MR) is 98.4 cm³/mol. The first-order valence-corrected chi connectivity index (χ1v) is 8.47. The van der Waals surface area contributed by atoms with Gasteiger partial charge >= 0.3 is 5.97 Å². The van der Waals surface area contributed by atoms with Crippen LogP contribution >= 0.6 is 0 Å². The zero-order valence-electron chi connectivity index (χ0n) is 14.3. The molecule has 4 nitrogen and oxygen atoms in total. The summed E-state index contributed by atoms with van der Waals surface area (Å²) in [5, 5.41) is 0.697. The minimum atomic E-state index is -0.340. The predicted octanol–water partition coefficient (Wildman–Crippen LogP) is 4.40. The van der Waals surface area contributed by atoms with Crippen molar-refractivity contribution < 1.29 is 13.9 Å². The van der Waals surface area contributed by atoms with Crippen LogP contribution in [0.3, 0.4) is 0 Å². The number of benzene rings is 2. The number of fused-ring (bicyclic) bond motifs is 3. The number of carbonyl (C=O) groups is 1. The van der Waals surface area contributed by atoms with Crippen LogP contribution in [0.4, 0.5) is 4.39 Å². The van der Waals surface area contributed by atoms with Crippen molar-refractivity contribution in [1.82, 2.24) is 9.38 Å². The largest absolute Gasteiger partial charge is 0.466 e. The van der Waals surface area contributed by atoms with Crippen molar-refractivity contribution in [2.24, 2.45) is 0 Å². The molecule has 0 saturated heterocycles. The molecule has 130 valence electrons. The van der Waals surface area contributed by atoms with Crippen LogP contribution in [0.25, 0.3) is 27.8 Å². The van der Waals surface area contributed by atoms with Gasteiger partial charge in [0.1, 0.15) is 11.6 Å². The van der Waals surface area contributed by atoms with E-state index in [1.165, 1.54) is 12.1 Å². The lowest BCUT2D eigenvalue weighted by atomic mass is 10.1. The number of rotatable bonds is 4. The number of ether oxygens (including phenoxy) is 1. The quantitative estimate of drug-likeness (QED) is 0.514. The molecule has 0 bridgehead atoms. The summed E-state index contributed by atoms with van der Waals surface area (Å²) >= 11 is 0. The van der Waals surface area contributed by atoms with E-state index in [0.717, 1.165) is 28.0 Å². The Bertz CT molecular complexity index is 1100. The highest BCUT2D eigenvalue weighted by Crippen LogP contribution is 2.31. The van der Waals surface area contributed by atoms with Gasteiger partial charge in [0.2, 0.25) is 0 Å². The van der Waals surface area contributed by atoms with Gasteiger partial charge in [-0.25, -0.2) is 9.37 Å². The lowest BCUT2D eigenvalue weighted by Crippen LogP contribution is -2.07. The molecule has 0 aliphatic rings. The van der Waals surface area contributed by atoms with Crippen LogP contribution in [0.2, 0.25) is 0 Å². The van der Waals surface area contributed by atoms with Crippen molar-refractivity contribution in [2.45, 2.75) is 13.3 Å². The van der Waals surface area contributed by atoms with Crippen LogP contribution in [0.1, 0.15) is 12.5 Å². The van der Waals surface area contributed by atoms with Crippen LogP contribution < -0.4 is 0 Å². The minimum absolute atomic E-state index is 0.0858. The SMILES string of the molecule is CCOC(=O)Cc1c2cc(F)ccc2n2c(-c3ccccc3)nccc12. The Morgan fingerprint density at radius 3 is 2.69 bits per heavy atom. The smallest absolute Gasteiger partial charge is 0.310 e. The van der Waals surface area contributed by atoms with Crippen molar-refractivity contribution in [2.75, 3.05) is 6.61 Å². The van der Waals surface area contributed by atoms with Crippen LogP contribution in [0, 0.1) is 5.82 Å². The van der Waals surface area contributed by atoms with Gasteiger partial charge in [0, 0.05) is 17.1 Å². The lowest BCUT2D eigenvalue weighted by Gasteiger charge is -2.07. The van der Waals surface area contributed by atoms with E-state index in [2.05, 4.69) is 4.98 Å². The number of hydrogen-bond acceptors (Lipinski definition) is 3. The van der Waals surface area contributed by atoms with Gasteiger partial charge in [-0.05, 0) is 36.8 Å². The molecule has 2 aromatic carbocycles. The zero-order chi connectivity index (χ0) is 18.1. The monoisotopic (exact) mass is 348 g/mol. The highest BCUT2D eigenvalue weighted by molar-refractivity contribution is 5.96. The highest BCUT2D eigenvalue weighted by atomic mass is 19.1. The van der Waals surface area contributed by atoms with Gasteiger partial charge in [-0.2, -0.15) is 0 Å². The van der Waals surface area contributed by atoms with Crippen LogP contribution in [0.5, 0.6) is 0 Å². The normalized spacial score (nSPS) is 11.2. The molecule has 2 aromatic heterocycles. The third-order valence-electron chi connectivity index (χ3n) is 4.37. The maximum absolute atomic E-state index is 13.9. The van der Waals surface area contributed by atoms with E-state index < -0.39 is 0 Å². The molecule has 0 fully saturated rings. The summed E-state index contributed by atoms with van der Waals surface area (Å²) in [4.78, 5) is 16.6. The van der Waals surface area contributed by atoms with E-state index in [-0.39, 0.29) is 18.2 Å². The molecule has 0 aliphatic carbocycles. The summed E-state index contributed by atoms with van der Waals surface area (Å²) in [6.45, 7) is 2.08. The third-order valence-corrected chi connectivity index (χ3v) is 4.37. The molecule has 0 atom stereocenters. The number of nitrogens with zero attached hydrogens (tertiary/aromatic N) is 2. The highest BCUT2D eigenvalue weighted by Gasteiger charge is 2.18. The van der Waals surface area contributed by atoms with Gasteiger partial charge < -0.3 is 4.74 Å². The van der Waals surface area contributed by atoms with Gasteiger partial charge in [0.15, 0.2) is 0 Å². The molecule has 4 rings (SSSR count).